The zero-order valence-electron chi connectivity index (χ0n) is 10.9. The molecule has 20 heavy (non-hydrogen) atoms. The molecule has 1 fully saturated rings. The van der Waals surface area contributed by atoms with E-state index in [-0.39, 0.29) is 17.7 Å². The molecule has 0 aliphatic heterocycles. The minimum Gasteiger partial charge on any atom is -0.368 e. The molecule has 0 spiro atoms. The lowest BCUT2D eigenvalue weighted by Gasteiger charge is -2.40. The molecule has 3 rings (SSSR count). The van der Waals surface area contributed by atoms with Gasteiger partial charge in [-0.25, -0.2) is 8.96 Å². The molecule has 5 nitrogen and oxygen atoms in total. The van der Waals surface area contributed by atoms with E-state index in [1.165, 1.54) is 23.0 Å². The number of nitrogens with two attached hydrogens (primary N) is 1. The van der Waals surface area contributed by atoms with E-state index in [2.05, 4.69) is 10.2 Å². The average molecular weight is 274 g/mol. The molecule has 6 heteroatoms. The molecule has 2 aromatic rings. The fourth-order valence-electron chi connectivity index (χ4n) is 2.76. The maximum Gasteiger partial charge on any atom is 0.241 e. The Kier molecular flexibility index (Phi) is 3.00. The maximum absolute atomic E-state index is 13.3. The zero-order valence-corrected chi connectivity index (χ0v) is 10.9. The lowest BCUT2D eigenvalue weighted by molar-refractivity contribution is 0.0510. The Morgan fingerprint density at radius 3 is 2.80 bits per heavy atom. The van der Waals surface area contributed by atoms with Gasteiger partial charge in [0.05, 0.1) is 5.41 Å². The molecule has 0 saturated heterocycles. The summed E-state index contributed by atoms with van der Waals surface area (Å²) in [7, 11) is 0. The zero-order chi connectivity index (χ0) is 14.2. The number of nitrogen functional groups attached to an aromatic ring is 1. The van der Waals surface area contributed by atoms with Gasteiger partial charge in [0.1, 0.15) is 12.1 Å². The number of halogens is 1. The fourth-order valence-corrected chi connectivity index (χ4v) is 2.76. The second-order valence-electron chi connectivity index (χ2n) is 5.30. The fraction of sp³-hybridized carbons (Fsp3) is 0.357. The van der Waals surface area contributed by atoms with Gasteiger partial charge < -0.3 is 5.73 Å². The van der Waals surface area contributed by atoms with E-state index < -0.39 is 5.41 Å². The third-order valence-electron chi connectivity index (χ3n) is 3.99. The molecule has 0 amide bonds. The van der Waals surface area contributed by atoms with Crippen LogP contribution in [-0.4, -0.2) is 20.7 Å². The molecule has 0 unspecified atom stereocenters. The van der Waals surface area contributed by atoms with Crippen LogP contribution in [0.1, 0.15) is 29.6 Å². The van der Waals surface area contributed by atoms with E-state index in [4.69, 9.17) is 5.73 Å². The average Bonchev–Trinajstić information content (AvgIpc) is 2.79. The van der Waals surface area contributed by atoms with Crippen LogP contribution in [0.3, 0.4) is 0 Å². The molecule has 0 atom stereocenters. The topological polar surface area (TPSA) is 73.8 Å². The van der Waals surface area contributed by atoms with Crippen molar-refractivity contribution in [2.75, 3.05) is 5.73 Å². The Morgan fingerprint density at radius 1 is 1.45 bits per heavy atom. The van der Waals surface area contributed by atoms with E-state index in [0.29, 0.717) is 6.42 Å². The van der Waals surface area contributed by atoms with Crippen LogP contribution in [0, 0.1) is 11.2 Å². The quantitative estimate of drug-likeness (QED) is 0.929. The summed E-state index contributed by atoms with van der Waals surface area (Å²) < 4.78 is 14.6. The first-order chi connectivity index (χ1) is 9.61. The van der Waals surface area contributed by atoms with Gasteiger partial charge in [-0.15, -0.1) is 10.2 Å². The summed E-state index contributed by atoms with van der Waals surface area (Å²) in [5.41, 5.74) is 5.96. The van der Waals surface area contributed by atoms with Gasteiger partial charge in [0.15, 0.2) is 0 Å². The number of benzene rings is 1. The molecule has 1 heterocycles. The van der Waals surface area contributed by atoms with Gasteiger partial charge in [0.25, 0.3) is 0 Å². The SMILES string of the molecule is Nc1nncn1C(=O)C1(Cc2cccc(F)c2)CCC1. The monoisotopic (exact) mass is 274 g/mol. The Hall–Kier alpha value is -2.24. The molecule has 1 saturated carbocycles. The van der Waals surface area contributed by atoms with Crippen LogP contribution in [0.15, 0.2) is 30.6 Å². The number of anilines is 1. The van der Waals surface area contributed by atoms with Gasteiger partial charge in [-0.2, -0.15) is 0 Å². The predicted molar refractivity (Wildman–Crippen MR) is 71.4 cm³/mol. The van der Waals surface area contributed by atoms with E-state index >= 15 is 0 Å². The molecular formula is C14H15FN4O. The number of rotatable bonds is 3. The van der Waals surface area contributed by atoms with Crippen molar-refractivity contribution in [2.24, 2.45) is 5.41 Å². The number of nitrogens with zero attached hydrogens (tertiary/aromatic N) is 3. The van der Waals surface area contributed by atoms with Gasteiger partial charge in [-0.05, 0) is 37.0 Å². The second-order valence-corrected chi connectivity index (χ2v) is 5.30. The number of carbonyl (C=O) groups is 1. The first kappa shape index (κ1) is 12.8. The molecule has 1 aliphatic rings. The van der Waals surface area contributed by atoms with Gasteiger partial charge in [0, 0.05) is 0 Å². The number of hydrogen-bond donors (Lipinski definition) is 1. The van der Waals surface area contributed by atoms with Crippen molar-refractivity contribution in [3.63, 3.8) is 0 Å². The molecular weight excluding hydrogens is 259 g/mol. The molecule has 1 aromatic carbocycles. The van der Waals surface area contributed by atoms with Crippen molar-refractivity contribution in [1.29, 1.82) is 0 Å². The van der Waals surface area contributed by atoms with Crippen molar-refractivity contribution in [1.82, 2.24) is 14.8 Å². The summed E-state index contributed by atoms with van der Waals surface area (Å²) in [6.45, 7) is 0. The van der Waals surface area contributed by atoms with E-state index in [9.17, 15) is 9.18 Å². The molecule has 1 aliphatic carbocycles. The first-order valence-corrected chi connectivity index (χ1v) is 6.55. The van der Waals surface area contributed by atoms with Crippen molar-refractivity contribution >= 4 is 11.9 Å². The summed E-state index contributed by atoms with van der Waals surface area (Å²) in [5, 5.41) is 7.28. The molecule has 1 aromatic heterocycles. The van der Waals surface area contributed by atoms with Gasteiger partial charge in [0.2, 0.25) is 11.9 Å². The molecule has 104 valence electrons. The smallest absolute Gasteiger partial charge is 0.241 e. The summed E-state index contributed by atoms with van der Waals surface area (Å²) in [4.78, 5) is 12.6. The first-order valence-electron chi connectivity index (χ1n) is 6.55. The van der Waals surface area contributed by atoms with Crippen molar-refractivity contribution < 1.29 is 9.18 Å². The minimum atomic E-state index is -0.510. The van der Waals surface area contributed by atoms with Crippen LogP contribution in [0.25, 0.3) is 0 Å². The Morgan fingerprint density at radius 2 is 2.25 bits per heavy atom. The second kappa shape index (κ2) is 4.70. The predicted octanol–water partition coefficient (Wildman–Crippen LogP) is 2.05. The largest absolute Gasteiger partial charge is 0.368 e. The van der Waals surface area contributed by atoms with Crippen molar-refractivity contribution in [2.45, 2.75) is 25.7 Å². The van der Waals surface area contributed by atoms with Gasteiger partial charge in [-0.3, -0.25) is 4.79 Å². The molecule has 0 bridgehead atoms. The highest BCUT2D eigenvalue weighted by atomic mass is 19.1. The summed E-state index contributed by atoms with van der Waals surface area (Å²) >= 11 is 0. The van der Waals surface area contributed by atoms with Crippen LogP contribution < -0.4 is 5.73 Å². The van der Waals surface area contributed by atoms with Crippen LogP contribution in [-0.2, 0) is 6.42 Å². The summed E-state index contributed by atoms with van der Waals surface area (Å²) in [6.07, 6.45) is 4.40. The lowest BCUT2D eigenvalue weighted by atomic mass is 9.64. The maximum atomic E-state index is 13.3. The standard InChI is InChI=1S/C14H15FN4O/c15-11-4-1-3-10(7-11)8-14(5-2-6-14)12(20)19-9-17-18-13(19)16/h1,3-4,7,9H,2,5-6,8H2,(H2,16,18). The number of hydrogen-bond acceptors (Lipinski definition) is 4. The minimum absolute atomic E-state index is 0.0977. The third-order valence-corrected chi connectivity index (χ3v) is 3.99. The van der Waals surface area contributed by atoms with Crippen LogP contribution >= 0.6 is 0 Å². The van der Waals surface area contributed by atoms with Crippen LogP contribution in [0.2, 0.25) is 0 Å². The van der Waals surface area contributed by atoms with Gasteiger partial charge in [-0.1, -0.05) is 18.6 Å². The Bertz CT molecular complexity index is 648. The summed E-state index contributed by atoms with van der Waals surface area (Å²) in [6, 6.07) is 6.37. The Labute approximate surface area is 115 Å². The van der Waals surface area contributed by atoms with E-state index in [1.807, 2.05) is 6.07 Å². The number of carbonyl (C=O) groups excluding carboxylic acids is 1. The molecule has 0 radical (unpaired) electrons. The lowest BCUT2D eigenvalue weighted by Crippen LogP contribution is -2.43. The third kappa shape index (κ3) is 2.07. The highest BCUT2D eigenvalue weighted by Gasteiger charge is 2.45. The Balaban J connectivity index is 1.88. The highest BCUT2D eigenvalue weighted by Crippen LogP contribution is 2.45. The summed E-state index contributed by atoms with van der Waals surface area (Å²) in [5.74, 6) is -0.288. The normalized spacial score (nSPS) is 16.6. The van der Waals surface area contributed by atoms with Gasteiger partial charge >= 0.3 is 0 Å². The highest BCUT2D eigenvalue weighted by molar-refractivity contribution is 5.87. The van der Waals surface area contributed by atoms with Crippen LogP contribution in [0.5, 0.6) is 0 Å². The van der Waals surface area contributed by atoms with E-state index in [0.717, 1.165) is 24.8 Å². The number of aromatic nitrogens is 3. The van der Waals surface area contributed by atoms with Crippen molar-refractivity contribution in [3.05, 3.63) is 42.0 Å². The van der Waals surface area contributed by atoms with E-state index in [1.54, 1.807) is 6.07 Å². The molecule has 2 N–H and O–H groups in total. The van der Waals surface area contributed by atoms with Crippen molar-refractivity contribution in [3.8, 4) is 0 Å². The van der Waals surface area contributed by atoms with Crippen LogP contribution in [0.4, 0.5) is 10.3 Å².